The molecule has 0 spiro atoms. The Hall–Kier alpha value is -1.98. The summed E-state index contributed by atoms with van der Waals surface area (Å²) in [6.07, 6.45) is 31.3. The van der Waals surface area contributed by atoms with E-state index in [1.165, 1.54) is 103 Å². The number of allylic oxidation sites excluding steroid dienone is 2. The zero-order valence-electron chi connectivity index (χ0n) is 26.5. The van der Waals surface area contributed by atoms with Crippen molar-refractivity contribution in [3.8, 4) is 0 Å². The first kappa shape index (κ1) is 42.5. The third kappa shape index (κ3) is 45.9. The van der Waals surface area contributed by atoms with Crippen molar-refractivity contribution in [1.29, 1.82) is 0 Å². The molecule has 0 saturated heterocycles. The Kier molecular flexibility index (Phi) is 41.6. The van der Waals surface area contributed by atoms with E-state index in [1.807, 2.05) is 6.79 Å². The molecule has 6 heteroatoms. The summed E-state index contributed by atoms with van der Waals surface area (Å²) in [6, 6.07) is 0. The van der Waals surface area contributed by atoms with Crippen LogP contribution in [0, 0.1) is 0 Å². The molecule has 1 rings (SSSR count). The van der Waals surface area contributed by atoms with Crippen LogP contribution < -0.4 is 0 Å². The summed E-state index contributed by atoms with van der Waals surface area (Å²) in [5, 5.41) is 8.32. The van der Waals surface area contributed by atoms with Gasteiger partial charge >= 0.3 is 11.9 Å². The molecule has 0 amide bonds. The predicted molar refractivity (Wildman–Crippen MR) is 168 cm³/mol. The molecule has 1 N–H and O–H groups in total. The van der Waals surface area contributed by atoms with Crippen molar-refractivity contribution in [2.75, 3.05) is 6.61 Å². The van der Waals surface area contributed by atoms with Crippen molar-refractivity contribution >= 4 is 24.5 Å². The van der Waals surface area contributed by atoms with E-state index in [2.05, 4.69) is 26.0 Å². The number of unbranched alkanes of at least 4 members (excludes halogenated alkanes) is 8. The lowest BCUT2D eigenvalue weighted by Crippen LogP contribution is -2.05. The number of hydrogen-bond donors (Lipinski definition) is 1. The first-order valence-corrected chi connectivity index (χ1v) is 16.2. The minimum atomic E-state index is -0.666. The number of cyclic esters (lactones) is 1. The molecule has 0 atom stereocenters. The van der Waals surface area contributed by atoms with Gasteiger partial charge in [-0.25, -0.2) is 0 Å². The fourth-order valence-corrected chi connectivity index (χ4v) is 4.13. The van der Waals surface area contributed by atoms with Crippen LogP contribution in [0.4, 0.5) is 0 Å². The van der Waals surface area contributed by atoms with Crippen molar-refractivity contribution in [1.82, 2.24) is 0 Å². The summed E-state index contributed by atoms with van der Waals surface area (Å²) in [4.78, 5) is 39.9. The average molecular weight is 569 g/mol. The first-order valence-electron chi connectivity index (χ1n) is 16.2. The Morgan fingerprint density at radius 2 is 1.15 bits per heavy atom. The molecule has 236 valence electrons. The Morgan fingerprint density at radius 1 is 0.700 bits per heavy atom. The van der Waals surface area contributed by atoms with Gasteiger partial charge in [0.05, 0.1) is 6.61 Å². The highest BCUT2D eigenvalue weighted by atomic mass is 16.5. The maximum Gasteiger partial charge on any atom is 0.305 e. The lowest BCUT2D eigenvalue weighted by molar-refractivity contribution is -0.144. The van der Waals surface area contributed by atoms with E-state index in [1.54, 1.807) is 6.92 Å². The molecule has 0 radical (unpaired) electrons. The minimum absolute atomic E-state index is 0.000910. The van der Waals surface area contributed by atoms with E-state index in [0.29, 0.717) is 25.2 Å². The zero-order chi connectivity index (χ0) is 30.5. The lowest BCUT2D eigenvalue weighted by atomic mass is 10.1. The number of carboxylic acids is 1. The van der Waals surface area contributed by atoms with Crippen molar-refractivity contribution in [3.05, 3.63) is 12.2 Å². The predicted octanol–water partition coefficient (Wildman–Crippen LogP) is 9.96. The number of carbonyl (C=O) groups excluding carboxylic acids is 3. The third-order valence-electron chi connectivity index (χ3n) is 6.57. The number of Topliss-reactive ketones (excluding diaryl/α,β-unsaturated/α-hetero) is 1. The van der Waals surface area contributed by atoms with Gasteiger partial charge in [0.15, 0.2) is 0 Å². The van der Waals surface area contributed by atoms with Crippen LogP contribution in [0.2, 0.25) is 0 Å². The highest BCUT2D eigenvalue weighted by Crippen LogP contribution is 2.11. The summed E-state index contributed by atoms with van der Waals surface area (Å²) >= 11 is 0. The third-order valence-corrected chi connectivity index (χ3v) is 6.57. The van der Waals surface area contributed by atoms with Crippen LogP contribution >= 0.6 is 0 Å². The van der Waals surface area contributed by atoms with Gasteiger partial charge in [0.25, 0.3) is 0 Å². The normalized spacial score (nSPS) is 15.7. The molecule has 40 heavy (non-hydrogen) atoms. The molecule has 0 fully saturated rings. The Balaban J connectivity index is -0.000000536. The summed E-state index contributed by atoms with van der Waals surface area (Å²) in [5.74, 6) is -0.340. The maximum atomic E-state index is 11.4. The van der Waals surface area contributed by atoms with E-state index in [9.17, 15) is 14.4 Å². The number of ketones is 1. The Bertz CT molecular complexity index is 551. The van der Waals surface area contributed by atoms with Crippen LogP contribution in [0.15, 0.2) is 12.2 Å². The molecule has 0 aromatic heterocycles. The summed E-state index contributed by atoms with van der Waals surface area (Å²) in [7, 11) is 0. The average Bonchev–Trinajstić information content (AvgIpc) is 2.94. The summed E-state index contributed by atoms with van der Waals surface area (Å²) in [5.41, 5.74) is 0. The monoisotopic (exact) mass is 568 g/mol. The second-order valence-electron chi connectivity index (χ2n) is 10.6. The number of esters is 1. The Labute approximate surface area is 247 Å². The van der Waals surface area contributed by atoms with Crippen LogP contribution in [-0.2, 0) is 23.9 Å². The molecule has 1 heterocycles. The number of hydrogen-bond acceptors (Lipinski definition) is 5. The molecule has 0 aliphatic carbocycles. The SMILES string of the molecule is C=O.CCCCCCC(C)=O.CCCCCCCCC(=O)O.O=C1CCCCCCC/C=C\CCCCCCO1. The van der Waals surface area contributed by atoms with Gasteiger partial charge in [0.1, 0.15) is 12.6 Å². The van der Waals surface area contributed by atoms with E-state index in [-0.39, 0.29) is 5.97 Å². The molecule has 0 bridgehead atoms. The van der Waals surface area contributed by atoms with Gasteiger partial charge in [-0.3, -0.25) is 9.59 Å². The van der Waals surface area contributed by atoms with Gasteiger partial charge in [-0.1, -0.05) is 109 Å². The van der Waals surface area contributed by atoms with Gasteiger partial charge in [-0.05, 0) is 58.3 Å². The highest BCUT2D eigenvalue weighted by molar-refractivity contribution is 5.75. The van der Waals surface area contributed by atoms with Gasteiger partial charge in [0, 0.05) is 19.3 Å². The minimum Gasteiger partial charge on any atom is -0.481 e. The van der Waals surface area contributed by atoms with Gasteiger partial charge in [0.2, 0.25) is 0 Å². The molecule has 6 nitrogen and oxygen atoms in total. The first-order chi connectivity index (χ1) is 19.4. The van der Waals surface area contributed by atoms with Crippen molar-refractivity contribution < 1.29 is 29.0 Å². The standard InChI is InChI=1S/C16H28O2.C9H18O2.C8H16O.CH2O/c17-16-14-12-10-8-6-4-2-1-3-5-7-9-11-13-15-18-16;1-2-3-4-5-6-7-8-9(10)11;1-3-4-5-6-7-8(2)9;1-2/h1,3H,2,4-15H2;2-8H2,1H3,(H,10,11);3-7H2,1-2H3;1H2/b3-1-;;;. The lowest BCUT2D eigenvalue weighted by Gasteiger charge is -2.04. The molecule has 0 saturated carbocycles. The number of aliphatic carboxylic acids is 1. The number of ether oxygens (including phenoxy) is 1. The zero-order valence-corrected chi connectivity index (χ0v) is 26.5. The quantitative estimate of drug-likeness (QED) is 0.143. The number of carbonyl (C=O) groups is 4. The van der Waals surface area contributed by atoms with Crippen LogP contribution in [0.5, 0.6) is 0 Å². The summed E-state index contributed by atoms with van der Waals surface area (Å²) < 4.78 is 5.21. The van der Waals surface area contributed by atoms with Gasteiger partial charge in [-0.15, -0.1) is 0 Å². The smallest absolute Gasteiger partial charge is 0.305 e. The summed E-state index contributed by atoms with van der Waals surface area (Å²) in [6.45, 7) is 8.63. The van der Waals surface area contributed by atoms with E-state index in [0.717, 1.165) is 38.5 Å². The van der Waals surface area contributed by atoms with Gasteiger partial charge in [-0.2, -0.15) is 0 Å². The maximum absolute atomic E-state index is 11.4. The number of rotatable bonds is 12. The second kappa shape index (κ2) is 39.2. The Morgan fingerprint density at radius 3 is 1.70 bits per heavy atom. The van der Waals surface area contributed by atoms with Crippen LogP contribution in [-0.4, -0.2) is 36.2 Å². The topological polar surface area (TPSA) is 97.7 Å². The second-order valence-corrected chi connectivity index (χ2v) is 10.6. The molecule has 0 aromatic carbocycles. The van der Waals surface area contributed by atoms with Crippen molar-refractivity contribution in [3.63, 3.8) is 0 Å². The van der Waals surface area contributed by atoms with Gasteiger partial charge < -0.3 is 19.4 Å². The van der Waals surface area contributed by atoms with Crippen LogP contribution in [0.25, 0.3) is 0 Å². The van der Waals surface area contributed by atoms with E-state index >= 15 is 0 Å². The highest BCUT2D eigenvalue weighted by Gasteiger charge is 2.02. The molecule has 0 aromatic rings. The molecule has 1 aliphatic rings. The molecule has 1 aliphatic heterocycles. The van der Waals surface area contributed by atoms with Crippen molar-refractivity contribution in [2.45, 2.75) is 175 Å². The molecule has 0 unspecified atom stereocenters. The van der Waals surface area contributed by atoms with E-state index < -0.39 is 5.97 Å². The fourth-order valence-electron chi connectivity index (χ4n) is 4.13. The van der Waals surface area contributed by atoms with Crippen molar-refractivity contribution in [2.24, 2.45) is 0 Å². The fraction of sp³-hybridized carbons (Fsp3) is 0.824. The van der Waals surface area contributed by atoms with E-state index in [4.69, 9.17) is 14.6 Å². The largest absolute Gasteiger partial charge is 0.481 e. The molecular formula is C34H64O6. The van der Waals surface area contributed by atoms with Crippen LogP contribution in [0.1, 0.15) is 175 Å². The number of carboxylic acid groups (broad SMARTS) is 1. The molecular weight excluding hydrogens is 504 g/mol. The van der Waals surface area contributed by atoms with Crippen LogP contribution in [0.3, 0.4) is 0 Å².